The van der Waals surface area contributed by atoms with Crippen molar-refractivity contribution in [2.24, 2.45) is 11.7 Å². The van der Waals surface area contributed by atoms with Crippen LogP contribution in [0.1, 0.15) is 38.7 Å². The Morgan fingerprint density at radius 3 is 2.40 bits per heavy atom. The van der Waals surface area contributed by atoms with Crippen LogP contribution in [0.4, 0.5) is 0 Å². The summed E-state index contributed by atoms with van der Waals surface area (Å²) < 4.78 is 0. The smallest absolute Gasteiger partial charge is 0.00130 e. The van der Waals surface area contributed by atoms with E-state index in [-0.39, 0.29) is 0 Å². The predicted molar refractivity (Wildman–Crippen MR) is 66.8 cm³/mol. The Labute approximate surface area is 93.7 Å². The zero-order valence-electron chi connectivity index (χ0n) is 9.95. The molecule has 2 atom stereocenters. The quantitative estimate of drug-likeness (QED) is 0.757. The molecule has 0 saturated carbocycles. The summed E-state index contributed by atoms with van der Waals surface area (Å²) in [6, 6.07) is 11.0. The van der Waals surface area contributed by atoms with Crippen molar-refractivity contribution in [3.63, 3.8) is 0 Å². The van der Waals surface area contributed by atoms with Crippen molar-refractivity contribution >= 4 is 0 Å². The van der Waals surface area contributed by atoms with Crippen LogP contribution in [-0.4, -0.2) is 6.04 Å². The van der Waals surface area contributed by atoms with Crippen LogP contribution in [-0.2, 0) is 6.42 Å². The van der Waals surface area contributed by atoms with Crippen molar-refractivity contribution in [3.8, 4) is 0 Å². The minimum absolute atomic E-state index is 0.344. The molecule has 0 spiro atoms. The van der Waals surface area contributed by atoms with Crippen LogP contribution in [0.3, 0.4) is 0 Å². The van der Waals surface area contributed by atoms with Gasteiger partial charge in [0.05, 0.1) is 0 Å². The first-order valence-electron chi connectivity index (χ1n) is 5.98. The van der Waals surface area contributed by atoms with Gasteiger partial charge >= 0.3 is 0 Å². The fraction of sp³-hybridized carbons (Fsp3) is 0.571. The number of hydrogen-bond donors (Lipinski definition) is 1. The molecular weight excluding hydrogens is 182 g/mol. The highest BCUT2D eigenvalue weighted by Gasteiger charge is 2.04. The molecule has 0 aliphatic carbocycles. The van der Waals surface area contributed by atoms with Crippen molar-refractivity contribution in [1.82, 2.24) is 0 Å². The van der Waals surface area contributed by atoms with Gasteiger partial charge in [-0.1, -0.05) is 43.7 Å². The molecule has 0 heterocycles. The van der Waals surface area contributed by atoms with Gasteiger partial charge in [-0.2, -0.15) is 0 Å². The molecule has 0 amide bonds. The van der Waals surface area contributed by atoms with E-state index in [2.05, 4.69) is 44.2 Å². The average Bonchev–Trinajstić information content (AvgIpc) is 2.18. The van der Waals surface area contributed by atoms with Gasteiger partial charge in [0.25, 0.3) is 0 Å². The monoisotopic (exact) mass is 205 g/mol. The minimum Gasteiger partial charge on any atom is -0.328 e. The number of rotatable bonds is 6. The summed E-state index contributed by atoms with van der Waals surface area (Å²) >= 11 is 0. The molecule has 1 rings (SSSR count). The van der Waals surface area contributed by atoms with Crippen molar-refractivity contribution in [1.29, 1.82) is 0 Å². The van der Waals surface area contributed by atoms with Crippen LogP contribution in [0, 0.1) is 5.92 Å². The number of aryl methyl sites for hydroxylation is 1. The Kier molecular flexibility index (Phi) is 5.41. The van der Waals surface area contributed by atoms with Gasteiger partial charge in [0.1, 0.15) is 0 Å². The molecule has 1 nitrogen and oxygen atoms in total. The molecule has 1 aromatic rings. The Hall–Kier alpha value is -0.820. The molecule has 2 N–H and O–H groups in total. The van der Waals surface area contributed by atoms with Crippen LogP contribution in [0.25, 0.3) is 0 Å². The number of hydrogen-bond acceptors (Lipinski definition) is 1. The van der Waals surface area contributed by atoms with E-state index in [0.717, 1.165) is 12.3 Å². The second-order valence-corrected chi connectivity index (χ2v) is 4.70. The summed E-state index contributed by atoms with van der Waals surface area (Å²) in [6.45, 7) is 4.39. The lowest BCUT2D eigenvalue weighted by Crippen LogP contribution is -2.18. The molecule has 15 heavy (non-hydrogen) atoms. The summed E-state index contributed by atoms with van der Waals surface area (Å²) in [5.41, 5.74) is 7.23. The molecule has 1 heteroatoms. The van der Waals surface area contributed by atoms with Crippen molar-refractivity contribution in [2.45, 2.75) is 45.6 Å². The summed E-state index contributed by atoms with van der Waals surface area (Å²) in [5, 5.41) is 0. The van der Waals surface area contributed by atoms with Crippen LogP contribution in [0.15, 0.2) is 30.3 Å². The maximum Gasteiger partial charge on any atom is 0.00130 e. The first kappa shape index (κ1) is 12.3. The fourth-order valence-electron chi connectivity index (χ4n) is 2.05. The first-order valence-corrected chi connectivity index (χ1v) is 5.98. The summed E-state index contributed by atoms with van der Waals surface area (Å²) in [4.78, 5) is 0. The highest BCUT2D eigenvalue weighted by atomic mass is 14.6. The van der Waals surface area contributed by atoms with E-state index in [1.165, 1.54) is 24.8 Å². The Morgan fingerprint density at radius 2 is 1.80 bits per heavy atom. The molecule has 0 aliphatic heterocycles. The topological polar surface area (TPSA) is 26.0 Å². The van der Waals surface area contributed by atoms with E-state index >= 15 is 0 Å². The van der Waals surface area contributed by atoms with Crippen molar-refractivity contribution in [2.75, 3.05) is 0 Å². The van der Waals surface area contributed by atoms with Gasteiger partial charge in [-0.05, 0) is 37.7 Å². The maximum atomic E-state index is 5.78. The molecular formula is C14H23N. The average molecular weight is 205 g/mol. The second kappa shape index (κ2) is 6.62. The predicted octanol–water partition coefficient (Wildman–Crippen LogP) is 3.38. The molecule has 0 saturated heterocycles. The van der Waals surface area contributed by atoms with E-state index < -0.39 is 0 Å². The third-order valence-electron chi connectivity index (χ3n) is 2.78. The Balaban J connectivity index is 2.16. The SMILES string of the molecule is CC(N)CC(C)CCCc1ccccc1. The molecule has 1 aromatic carbocycles. The lowest BCUT2D eigenvalue weighted by Gasteiger charge is -2.13. The van der Waals surface area contributed by atoms with E-state index in [4.69, 9.17) is 5.73 Å². The molecule has 0 radical (unpaired) electrons. The summed E-state index contributed by atoms with van der Waals surface area (Å²) in [5.74, 6) is 0.758. The third-order valence-corrected chi connectivity index (χ3v) is 2.78. The summed E-state index contributed by atoms with van der Waals surface area (Å²) in [7, 11) is 0. The van der Waals surface area contributed by atoms with Crippen LogP contribution in [0.2, 0.25) is 0 Å². The normalized spacial score (nSPS) is 14.9. The van der Waals surface area contributed by atoms with Crippen molar-refractivity contribution in [3.05, 3.63) is 35.9 Å². The van der Waals surface area contributed by atoms with Crippen LogP contribution < -0.4 is 5.73 Å². The van der Waals surface area contributed by atoms with Crippen molar-refractivity contribution < 1.29 is 0 Å². The Morgan fingerprint density at radius 1 is 1.13 bits per heavy atom. The van der Waals surface area contributed by atoms with Gasteiger partial charge in [0.15, 0.2) is 0 Å². The highest BCUT2D eigenvalue weighted by Crippen LogP contribution is 2.14. The van der Waals surface area contributed by atoms with E-state index in [1.54, 1.807) is 0 Å². The van der Waals surface area contributed by atoms with Gasteiger partial charge in [-0.25, -0.2) is 0 Å². The molecule has 84 valence electrons. The van der Waals surface area contributed by atoms with Gasteiger partial charge in [-0.3, -0.25) is 0 Å². The fourth-order valence-corrected chi connectivity index (χ4v) is 2.05. The second-order valence-electron chi connectivity index (χ2n) is 4.70. The minimum atomic E-state index is 0.344. The van der Waals surface area contributed by atoms with Gasteiger partial charge in [0, 0.05) is 6.04 Å². The highest BCUT2D eigenvalue weighted by molar-refractivity contribution is 5.14. The van der Waals surface area contributed by atoms with Gasteiger partial charge in [-0.15, -0.1) is 0 Å². The van der Waals surface area contributed by atoms with E-state index in [1.807, 2.05) is 0 Å². The molecule has 0 fully saturated rings. The summed E-state index contributed by atoms with van der Waals surface area (Å²) in [6.07, 6.45) is 4.91. The standard InChI is InChI=1S/C14H23N/c1-12(11-13(2)15)7-6-10-14-8-4-3-5-9-14/h3-5,8-9,12-13H,6-7,10-11,15H2,1-2H3. The van der Waals surface area contributed by atoms with E-state index in [0.29, 0.717) is 6.04 Å². The lowest BCUT2D eigenvalue weighted by atomic mass is 9.96. The van der Waals surface area contributed by atoms with E-state index in [9.17, 15) is 0 Å². The Bertz CT molecular complexity index is 253. The number of benzene rings is 1. The maximum absolute atomic E-state index is 5.78. The molecule has 0 aliphatic rings. The number of nitrogens with two attached hydrogens (primary N) is 1. The zero-order valence-corrected chi connectivity index (χ0v) is 9.95. The zero-order chi connectivity index (χ0) is 11.1. The third kappa shape index (κ3) is 5.58. The van der Waals surface area contributed by atoms with Gasteiger partial charge < -0.3 is 5.73 Å². The largest absolute Gasteiger partial charge is 0.328 e. The molecule has 0 aromatic heterocycles. The molecule has 0 bridgehead atoms. The van der Waals surface area contributed by atoms with Crippen LogP contribution in [0.5, 0.6) is 0 Å². The van der Waals surface area contributed by atoms with Gasteiger partial charge in [0.2, 0.25) is 0 Å². The first-order chi connectivity index (χ1) is 7.18. The lowest BCUT2D eigenvalue weighted by molar-refractivity contribution is 0.439. The molecule has 2 unspecified atom stereocenters. The van der Waals surface area contributed by atoms with Crippen LogP contribution >= 0.6 is 0 Å².